The molecule has 1 amide bonds. The number of carbonyl (C=O) groups excluding carboxylic acids is 1. The molecule has 0 aliphatic carbocycles. The van der Waals surface area contributed by atoms with E-state index in [4.69, 9.17) is 0 Å². The van der Waals surface area contributed by atoms with Crippen LogP contribution in [0, 0.1) is 0 Å². The maximum Gasteiger partial charge on any atom is 0.236 e. The number of amides is 1. The molecule has 3 nitrogen and oxygen atoms in total. The van der Waals surface area contributed by atoms with E-state index in [0.717, 1.165) is 4.47 Å². The van der Waals surface area contributed by atoms with Gasteiger partial charge in [0.1, 0.15) is 0 Å². The van der Waals surface area contributed by atoms with Crippen LogP contribution in [0.15, 0.2) is 15.9 Å². The van der Waals surface area contributed by atoms with Crippen LogP contribution in [0.1, 0.15) is 17.8 Å². The summed E-state index contributed by atoms with van der Waals surface area (Å²) >= 11 is 5.16. The molecule has 1 atom stereocenters. The summed E-state index contributed by atoms with van der Waals surface area (Å²) in [7, 11) is 3.52. The molecule has 0 saturated heterocycles. The fourth-order valence-electron chi connectivity index (χ4n) is 1.11. The quantitative estimate of drug-likeness (QED) is 0.923. The van der Waals surface area contributed by atoms with Gasteiger partial charge in [0.25, 0.3) is 0 Å². The summed E-state index contributed by atoms with van der Waals surface area (Å²) in [6.07, 6.45) is 0. The summed E-state index contributed by atoms with van der Waals surface area (Å²) in [6.45, 7) is 2.43. The van der Waals surface area contributed by atoms with E-state index in [-0.39, 0.29) is 11.9 Å². The van der Waals surface area contributed by atoms with E-state index in [0.29, 0.717) is 6.54 Å². The molecule has 0 bridgehead atoms. The Balaban J connectivity index is 2.47. The Morgan fingerprint density at radius 2 is 2.33 bits per heavy atom. The first kappa shape index (κ1) is 12.7. The maximum atomic E-state index is 11.4. The van der Waals surface area contributed by atoms with Crippen LogP contribution in [0.5, 0.6) is 0 Å². The Morgan fingerprint density at radius 1 is 1.67 bits per heavy atom. The van der Waals surface area contributed by atoms with E-state index >= 15 is 0 Å². The second-order valence-corrected chi connectivity index (χ2v) is 5.33. The highest BCUT2D eigenvalue weighted by molar-refractivity contribution is 9.10. The molecule has 15 heavy (non-hydrogen) atoms. The SMILES string of the molecule is CC(NCC(=O)N(C)C)c1sccc1Br. The summed E-state index contributed by atoms with van der Waals surface area (Å²) in [4.78, 5) is 14.2. The van der Waals surface area contributed by atoms with Crippen molar-refractivity contribution in [3.63, 3.8) is 0 Å². The largest absolute Gasteiger partial charge is 0.348 e. The molecule has 84 valence electrons. The number of halogens is 1. The zero-order valence-electron chi connectivity index (χ0n) is 9.08. The minimum Gasteiger partial charge on any atom is -0.348 e. The van der Waals surface area contributed by atoms with E-state index in [1.165, 1.54) is 4.88 Å². The first-order valence-corrected chi connectivity index (χ1v) is 6.36. The van der Waals surface area contributed by atoms with Crippen LogP contribution in [-0.2, 0) is 4.79 Å². The molecule has 1 heterocycles. The first-order valence-electron chi connectivity index (χ1n) is 4.68. The monoisotopic (exact) mass is 290 g/mol. The van der Waals surface area contributed by atoms with Crippen molar-refractivity contribution in [1.29, 1.82) is 0 Å². The molecule has 0 saturated carbocycles. The van der Waals surface area contributed by atoms with Crippen LogP contribution in [0.3, 0.4) is 0 Å². The molecule has 0 aromatic carbocycles. The summed E-state index contributed by atoms with van der Waals surface area (Å²) in [6, 6.07) is 2.22. The fourth-order valence-corrected chi connectivity index (χ4v) is 2.86. The van der Waals surface area contributed by atoms with E-state index in [1.54, 1.807) is 30.3 Å². The lowest BCUT2D eigenvalue weighted by atomic mass is 10.3. The van der Waals surface area contributed by atoms with E-state index in [2.05, 4.69) is 28.2 Å². The molecule has 0 aliphatic heterocycles. The number of nitrogens with one attached hydrogen (secondary N) is 1. The molecule has 1 unspecified atom stereocenters. The predicted molar refractivity (Wildman–Crippen MR) is 67.1 cm³/mol. The lowest BCUT2D eigenvalue weighted by Gasteiger charge is -2.15. The second kappa shape index (κ2) is 5.63. The molecular weight excluding hydrogens is 276 g/mol. The summed E-state index contributed by atoms with van der Waals surface area (Å²) < 4.78 is 1.10. The van der Waals surface area contributed by atoms with Gasteiger partial charge in [-0.3, -0.25) is 4.79 Å². The average Bonchev–Trinajstić information content (AvgIpc) is 2.60. The van der Waals surface area contributed by atoms with Crippen LogP contribution < -0.4 is 5.32 Å². The summed E-state index contributed by atoms with van der Waals surface area (Å²) in [5.41, 5.74) is 0. The molecule has 1 N–H and O–H groups in total. The van der Waals surface area contributed by atoms with Crippen molar-refractivity contribution in [3.05, 3.63) is 20.8 Å². The fraction of sp³-hybridized carbons (Fsp3) is 0.500. The Hall–Kier alpha value is -0.390. The minimum absolute atomic E-state index is 0.0922. The number of rotatable bonds is 4. The second-order valence-electron chi connectivity index (χ2n) is 3.52. The lowest BCUT2D eigenvalue weighted by molar-refractivity contribution is -0.127. The number of nitrogens with zero attached hydrogens (tertiary/aromatic N) is 1. The smallest absolute Gasteiger partial charge is 0.236 e. The van der Waals surface area contributed by atoms with Gasteiger partial charge in [0.05, 0.1) is 6.54 Å². The van der Waals surface area contributed by atoms with Crippen molar-refractivity contribution in [1.82, 2.24) is 10.2 Å². The molecule has 1 aromatic heterocycles. The molecule has 0 fully saturated rings. The Kier molecular flexibility index (Phi) is 4.76. The van der Waals surface area contributed by atoms with Crippen molar-refractivity contribution >= 4 is 33.2 Å². The van der Waals surface area contributed by atoms with Gasteiger partial charge in [0.15, 0.2) is 0 Å². The Bertz CT molecular complexity index is 338. The number of hydrogen-bond acceptors (Lipinski definition) is 3. The van der Waals surface area contributed by atoms with Crippen molar-refractivity contribution in [3.8, 4) is 0 Å². The average molecular weight is 291 g/mol. The third kappa shape index (κ3) is 3.59. The van der Waals surface area contributed by atoms with Crippen LogP contribution in [0.2, 0.25) is 0 Å². The first-order chi connectivity index (χ1) is 7.02. The van der Waals surface area contributed by atoms with Gasteiger partial charge in [0.2, 0.25) is 5.91 Å². The highest BCUT2D eigenvalue weighted by atomic mass is 79.9. The standard InChI is InChI=1S/C10H15BrN2OS/c1-7(10-8(11)4-5-15-10)12-6-9(14)13(2)3/h4-5,7,12H,6H2,1-3H3. The van der Waals surface area contributed by atoms with Crippen LogP contribution >= 0.6 is 27.3 Å². The van der Waals surface area contributed by atoms with Crippen molar-refractivity contribution in [2.45, 2.75) is 13.0 Å². The van der Waals surface area contributed by atoms with E-state index in [9.17, 15) is 4.79 Å². The summed E-state index contributed by atoms with van der Waals surface area (Å²) in [5.74, 6) is 0.0922. The Labute approximate surface area is 103 Å². The zero-order chi connectivity index (χ0) is 11.4. The van der Waals surface area contributed by atoms with Gasteiger partial charge in [-0.25, -0.2) is 0 Å². The zero-order valence-corrected chi connectivity index (χ0v) is 11.5. The van der Waals surface area contributed by atoms with E-state index < -0.39 is 0 Å². The number of hydrogen-bond donors (Lipinski definition) is 1. The molecule has 0 spiro atoms. The Morgan fingerprint density at radius 3 is 2.80 bits per heavy atom. The van der Waals surface area contributed by atoms with E-state index in [1.807, 2.05) is 11.4 Å². The molecule has 1 aromatic rings. The van der Waals surface area contributed by atoms with Crippen LogP contribution in [-0.4, -0.2) is 31.4 Å². The van der Waals surface area contributed by atoms with Gasteiger partial charge in [-0.05, 0) is 34.3 Å². The van der Waals surface area contributed by atoms with Gasteiger partial charge in [-0.2, -0.15) is 0 Å². The molecular formula is C10H15BrN2OS. The number of likely N-dealkylation sites (N-methyl/N-ethyl adjacent to an activating group) is 1. The molecule has 5 heteroatoms. The molecule has 1 rings (SSSR count). The van der Waals surface area contributed by atoms with Gasteiger partial charge in [-0.15, -0.1) is 11.3 Å². The highest BCUT2D eigenvalue weighted by Crippen LogP contribution is 2.28. The third-order valence-electron chi connectivity index (χ3n) is 2.10. The lowest BCUT2D eigenvalue weighted by Crippen LogP contribution is -2.34. The normalized spacial score (nSPS) is 12.5. The van der Waals surface area contributed by atoms with Gasteiger partial charge < -0.3 is 10.2 Å². The van der Waals surface area contributed by atoms with Gasteiger partial charge in [-0.1, -0.05) is 0 Å². The number of thiophene rings is 1. The number of carbonyl (C=O) groups is 1. The predicted octanol–water partition coefficient (Wildman–Crippen LogP) is 2.25. The topological polar surface area (TPSA) is 32.3 Å². The molecule has 0 aliphatic rings. The van der Waals surface area contributed by atoms with Crippen molar-refractivity contribution < 1.29 is 4.79 Å². The maximum absolute atomic E-state index is 11.4. The van der Waals surface area contributed by atoms with Crippen molar-refractivity contribution in [2.24, 2.45) is 0 Å². The third-order valence-corrected chi connectivity index (χ3v) is 4.15. The van der Waals surface area contributed by atoms with Crippen molar-refractivity contribution in [2.75, 3.05) is 20.6 Å². The summed E-state index contributed by atoms with van der Waals surface area (Å²) in [5, 5.41) is 5.23. The van der Waals surface area contributed by atoms with Crippen LogP contribution in [0.25, 0.3) is 0 Å². The minimum atomic E-state index is 0.0922. The van der Waals surface area contributed by atoms with Gasteiger partial charge >= 0.3 is 0 Å². The molecule has 0 radical (unpaired) electrons. The van der Waals surface area contributed by atoms with Crippen LogP contribution in [0.4, 0.5) is 0 Å². The van der Waals surface area contributed by atoms with Gasteiger partial charge in [0, 0.05) is 29.5 Å². The highest BCUT2D eigenvalue weighted by Gasteiger charge is 2.12.